The number of amides is 2. The molecular weight excluding hydrogens is 342 g/mol. The van der Waals surface area contributed by atoms with Gasteiger partial charge in [0.2, 0.25) is 10.0 Å². The van der Waals surface area contributed by atoms with E-state index in [9.17, 15) is 13.2 Å². The van der Waals surface area contributed by atoms with Crippen LogP contribution < -0.4 is 10.1 Å². The number of nitrogens with zero attached hydrogens (tertiary/aromatic N) is 2. The maximum absolute atomic E-state index is 12.0. The van der Waals surface area contributed by atoms with E-state index in [1.807, 2.05) is 0 Å². The molecule has 0 unspecified atom stereocenters. The second-order valence-corrected chi connectivity index (χ2v) is 7.60. The van der Waals surface area contributed by atoms with Crippen molar-refractivity contribution in [3.05, 3.63) is 29.3 Å². The highest BCUT2D eigenvalue weighted by Gasteiger charge is 2.25. The van der Waals surface area contributed by atoms with E-state index in [2.05, 4.69) is 5.32 Å². The number of piperazine rings is 1. The third-order valence-electron chi connectivity index (χ3n) is 3.46. The van der Waals surface area contributed by atoms with Crippen molar-refractivity contribution in [2.75, 3.05) is 45.6 Å². The molecule has 7 nitrogen and oxygen atoms in total. The fraction of sp³-hybridized carbons (Fsp3) is 0.500. The highest BCUT2D eigenvalue weighted by Crippen LogP contribution is 2.15. The maximum Gasteiger partial charge on any atom is 0.317 e. The second kappa shape index (κ2) is 7.85. The van der Waals surface area contributed by atoms with Gasteiger partial charge in [-0.1, -0.05) is 11.6 Å². The summed E-state index contributed by atoms with van der Waals surface area (Å²) in [7, 11) is -3.18. The molecule has 1 aromatic carbocycles. The fourth-order valence-electron chi connectivity index (χ4n) is 2.19. The van der Waals surface area contributed by atoms with Gasteiger partial charge in [-0.2, -0.15) is 4.31 Å². The van der Waals surface area contributed by atoms with Gasteiger partial charge in [0.1, 0.15) is 12.4 Å². The first kappa shape index (κ1) is 17.8. The molecule has 1 N–H and O–H groups in total. The Morgan fingerprint density at radius 3 is 2.39 bits per heavy atom. The van der Waals surface area contributed by atoms with E-state index in [4.69, 9.17) is 16.3 Å². The number of sulfonamides is 1. The van der Waals surface area contributed by atoms with Crippen molar-refractivity contribution < 1.29 is 17.9 Å². The summed E-state index contributed by atoms with van der Waals surface area (Å²) in [6, 6.07) is 6.77. The normalized spacial score (nSPS) is 16.2. The average molecular weight is 362 g/mol. The number of nitrogens with one attached hydrogen (secondary N) is 1. The molecule has 2 amide bonds. The van der Waals surface area contributed by atoms with E-state index in [0.717, 1.165) is 0 Å². The van der Waals surface area contributed by atoms with Crippen molar-refractivity contribution >= 4 is 27.7 Å². The number of hydrogen-bond donors (Lipinski definition) is 1. The van der Waals surface area contributed by atoms with Crippen LogP contribution in [0.25, 0.3) is 0 Å². The first-order valence-corrected chi connectivity index (χ1v) is 9.45. The monoisotopic (exact) mass is 361 g/mol. The van der Waals surface area contributed by atoms with Gasteiger partial charge in [0.25, 0.3) is 0 Å². The van der Waals surface area contributed by atoms with E-state index in [0.29, 0.717) is 50.1 Å². The molecule has 0 spiro atoms. The summed E-state index contributed by atoms with van der Waals surface area (Å²) in [5.74, 6) is 0.686. The van der Waals surface area contributed by atoms with Crippen LogP contribution in [0.15, 0.2) is 24.3 Å². The first-order valence-electron chi connectivity index (χ1n) is 7.22. The third kappa shape index (κ3) is 5.56. The Bertz CT molecular complexity index is 628. The van der Waals surface area contributed by atoms with Crippen LogP contribution in [0.5, 0.6) is 5.75 Å². The van der Waals surface area contributed by atoms with Crippen LogP contribution in [-0.2, 0) is 10.0 Å². The molecule has 1 aliphatic heterocycles. The highest BCUT2D eigenvalue weighted by molar-refractivity contribution is 7.88. The van der Waals surface area contributed by atoms with E-state index in [-0.39, 0.29) is 6.03 Å². The molecule has 2 rings (SSSR count). The molecule has 1 aromatic rings. The summed E-state index contributed by atoms with van der Waals surface area (Å²) >= 11 is 5.78. The van der Waals surface area contributed by atoms with Crippen LogP contribution in [0.4, 0.5) is 4.79 Å². The molecule has 0 aromatic heterocycles. The molecule has 0 aliphatic carbocycles. The average Bonchev–Trinajstić information content (AvgIpc) is 2.52. The summed E-state index contributed by atoms with van der Waals surface area (Å²) in [5.41, 5.74) is 0. The number of benzene rings is 1. The second-order valence-electron chi connectivity index (χ2n) is 5.18. The van der Waals surface area contributed by atoms with Gasteiger partial charge in [-0.3, -0.25) is 0 Å². The van der Waals surface area contributed by atoms with E-state index in [1.54, 1.807) is 29.2 Å². The fourth-order valence-corrected chi connectivity index (χ4v) is 3.14. The highest BCUT2D eigenvalue weighted by atomic mass is 35.5. The molecule has 9 heteroatoms. The largest absolute Gasteiger partial charge is 0.492 e. The van der Waals surface area contributed by atoms with Crippen molar-refractivity contribution in [2.45, 2.75) is 0 Å². The zero-order chi connectivity index (χ0) is 16.9. The lowest BCUT2D eigenvalue weighted by Gasteiger charge is -2.33. The van der Waals surface area contributed by atoms with E-state index >= 15 is 0 Å². The Hall–Kier alpha value is -1.51. The topological polar surface area (TPSA) is 79.0 Å². The molecule has 0 radical (unpaired) electrons. The summed E-state index contributed by atoms with van der Waals surface area (Å²) in [5, 5.41) is 3.39. The lowest BCUT2D eigenvalue weighted by atomic mass is 10.3. The number of carbonyl (C=O) groups is 1. The Morgan fingerprint density at radius 2 is 1.83 bits per heavy atom. The Balaban J connectivity index is 1.67. The minimum Gasteiger partial charge on any atom is -0.492 e. The number of urea groups is 1. The molecular formula is C14H20ClN3O4S. The summed E-state index contributed by atoms with van der Waals surface area (Å²) in [6.07, 6.45) is 1.18. The molecule has 0 saturated carbocycles. The van der Waals surface area contributed by atoms with Gasteiger partial charge in [-0.05, 0) is 24.3 Å². The minimum absolute atomic E-state index is 0.210. The summed E-state index contributed by atoms with van der Waals surface area (Å²) in [6.45, 7) is 2.14. The maximum atomic E-state index is 12.0. The number of rotatable bonds is 5. The van der Waals surface area contributed by atoms with Gasteiger partial charge in [-0.25, -0.2) is 13.2 Å². The number of halogens is 1. The Labute approximate surface area is 141 Å². The molecule has 1 aliphatic rings. The van der Waals surface area contributed by atoms with Crippen LogP contribution in [0.3, 0.4) is 0 Å². The van der Waals surface area contributed by atoms with Gasteiger partial charge >= 0.3 is 6.03 Å². The van der Waals surface area contributed by atoms with Crippen LogP contribution in [-0.4, -0.2) is 69.2 Å². The van der Waals surface area contributed by atoms with Gasteiger partial charge in [0.05, 0.1) is 12.8 Å². The number of hydrogen-bond acceptors (Lipinski definition) is 4. The van der Waals surface area contributed by atoms with Crippen LogP contribution >= 0.6 is 11.6 Å². The van der Waals surface area contributed by atoms with Gasteiger partial charge in [0, 0.05) is 31.2 Å². The van der Waals surface area contributed by atoms with E-state index < -0.39 is 10.0 Å². The Kier molecular flexibility index (Phi) is 6.09. The van der Waals surface area contributed by atoms with Gasteiger partial charge < -0.3 is 15.0 Å². The van der Waals surface area contributed by atoms with Crippen molar-refractivity contribution in [1.29, 1.82) is 0 Å². The zero-order valence-corrected chi connectivity index (χ0v) is 14.4. The lowest BCUT2D eigenvalue weighted by molar-refractivity contribution is 0.170. The predicted octanol–water partition coefficient (Wildman–Crippen LogP) is 1.01. The first-order chi connectivity index (χ1) is 10.9. The van der Waals surface area contributed by atoms with Gasteiger partial charge in [-0.15, -0.1) is 0 Å². The Morgan fingerprint density at radius 1 is 1.22 bits per heavy atom. The van der Waals surface area contributed by atoms with Gasteiger partial charge in [0.15, 0.2) is 0 Å². The van der Waals surface area contributed by atoms with Crippen LogP contribution in [0.2, 0.25) is 5.02 Å². The lowest BCUT2D eigenvalue weighted by Crippen LogP contribution is -2.53. The molecule has 1 fully saturated rings. The molecule has 0 bridgehead atoms. The summed E-state index contributed by atoms with van der Waals surface area (Å²) in [4.78, 5) is 13.6. The third-order valence-corrected chi connectivity index (χ3v) is 5.01. The van der Waals surface area contributed by atoms with E-state index in [1.165, 1.54) is 10.6 Å². The van der Waals surface area contributed by atoms with Crippen molar-refractivity contribution in [2.24, 2.45) is 0 Å². The van der Waals surface area contributed by atoms with Crippen molar-refractivity contribution in [3.8, 4) is 5.75 Å². The van der Waals surface area contributed by atoms with Crippen molar-refractivity contribution in [3.63, 3.8) is 0 Å². The summed E-state index contributed by atoms with van der Waals surface area (Å²) < 4.78 is 29.7. The quantitative estimate of drug-likeness (QED) is 0.794. The smallest absolute Gasteiger partial charge is 0.317 e. The van der Waals surface area contributed by atoms with Crippen molar-refractivity contribution in [1.82, 2.24) is 14.5 Å². The molecule has 1 heterocycles. The SMILES string of the molecule is CS(=O)(=O)N1CCN(C(=O)NCCOc2ccc(Cl)cc2)CC1. The number of ether oxygens (including phenoxy) is 1. The predicted molar refractivity (Wildman–Crippen MR) is 88.3 cm³/mol. The zero-order valence-electron chi connectivity index (χ0n) is 12.9. The molecule has 23 heavy (non-hydrogen) atoms. The minimum atomic E-state index is -3.18. The molecule has 0 atom stereocenters. The molecule has 128 valence electrons. The molecule has 1 saturated heterocycles. The number of carbonyl (C=O) groups excluding carboxylic acids is 1. The standard InChI is InChI=1S/C14H20ClN3O4S/c1-23(20,21)18-9-7-17(8-10-18)14(19)16-6-11-22-13-4-2-12(15)3-5-13/h2-5H,6-11H2,1H3,(H,16,19). The van der Waals surface area contributed by atoms with Crippen LogP contribution in [0, 0.1) is 0 Å². The van der Waals surface area contributed by atoms with Crippen LogP contribution in [0.1, 0.15) is 0 Å².